The maximum Gasteiger partial charge on any atom is 0.236 e. The molecule has 24 heavy (non-hydrogen) atoms. The summed E-state index contributed by atoms with van der Waals surface area (Å²) in [4.78, 5) is 19.5. The molecule has 0 bridgehead atoms. The molecule has 0 aromatic carbocycles. The van der Waals surface area contributed by atoms with E-state index in [9.17, 15) is 4.79 Å². The lowest BCUT2D eigenvalue weighted by atomic mass is 9.60. The van der Waals surface area contributed by atoms with Crippen LogP contribution in [-0.4, -0.2) is 85.0 Å². The van der Waals surface area contributed by atoms with Gasteiger partial charge in [-0.05, 0) is 18.8 Å². The van der Waals surface area contributed by atoms with Gasteiger partial charge in [0.05, 0.1) is 6.54 Å². The summed E-state index contributed by atoms with van der Waals surface area (Å²) in [5, 5.41) is 3.61. The van der Waals surface area contributed by atoms with E-state index in [4.69, 9.17) is 0 Å². The fraction of sp³-hybridized carbons (Fsp3) is 0.947. The van der Waals surface area contributed by atoms with Crippen molar-refractivity contribution in [3.05, 3.63) is 0 Å². The van der Waals surface area contributed by atoms with Crippen LogP contribution < -0.4 is 5.32 Å². The molecular formula is C19H36N4O. The zero-order chi connectivity index (χ0) is 17.3. The molecule has 138 valence electrons. The molecule has 1 N–H and O–H groups in total. The van der Waals surface area contributed by atoms with E-state index in [2.05, 4.69) is 47.7 Å². The van der Waals surface area contributed by atoms with Crippen molar-refractivity contribution >= 4 is 5.91 Å². The van der Waals surface area contributed by atoms with E-state index in [-0.39, 0.29) is 0 Å². The van der Waals surface area contributed by atoms with Crippen molar-refractivity contribution in [2.45, 2.75) is 52.6 Å². The molecule has 3 fully saturated rings. The predicted molar refractivity (Wildman–Crippen MR) is 98.0 cm³/mol. The summed E-state index contributed by atoms with van der Waals surface area (Å²) < 4.78 is 0. The molecule has 2 saturated heterocycles. The number of likely N-dealkylation sites (tertiary alicyclic amines) is 1. The van der Waals surface area contributed by atoms with Gasteiger partial charge in [-0.1, -0.05) is 27.7 Å². The SMILES string of the molecule is CC(C)CN1CCN(CC(=O)N2CC3(CC(NC(C)C)C3)C2)CC1. The normalized spacial score (nSPS) is 25.3. The highest BCUT2D eigenvalue weighted by molar-refractivity contribution is 5.79. The van der Waals surface area contributed by atoms with Gasteiger partial charge in [-0.3, -0.25) is 9.69 Å². The lowest BCUT2D eigenvalue weighted by molar-refractivity contribution is -0.153. The third-order valence-corrected chi connectivity index (χ3v) is 5.78. The van der Waals surface area contributed by atoms with Crippen molar-refractivity contribution in [2.75, 3.05) is 52.4 Å². The first-order valence-electron chi connectivity index (χ1n) is 9.84. The van der Waals surface area contributed by atoms with Crippen LogP contribution in [0.15, 0.2) is 0 Å². The van der Waals surface area contributed by atoms with E-state index in [0.29, 0.717) is 30.0 Å². The van der Waals surface area contributed by atoms with Gasteiger partial charge in [-0.25, -0.2) is 0 Å². The number of nitrogens with one attached hydrogen (secondary N) is 1. The van der Waals surface area contributed by atoms with Crippen molar-refractivity contribution < 1.29 is 4.79 Å². The first-order valence-corrected chi connectivity index (χ1v) is 9.84. The molecule has 2 heterocycles. The number of hydrogen-bond donors (Lipinski definition) is 1. The number of carbonyl (C=O) groups excluding carboxylic acids is 1. The Hall–Kier alpha value is -0.650. The Balaban J connectivity index is 1.32. The average molecular weight is 337 g/mol. The largest absolute Gasteiger partial charge is 0.340 e. The highest BCUT2D eigenvalue weighted by Gasteiger charge is 2.53. The van der Waals surface area contributed by atoms with Crippen LogP contribution >= 0.6 is 0 Å². The Kier molecular flexibility index (Phi) is 5.52. The summed E-state index contributed by atoms with van der Waals surface area (Å²) in [6.07, 6.45) is 2.51. The van der Waals surface area contributed by atoms with E-state index in [1.165, 1.54) is 19.4 Å². The van der Waals surface area contributed by atoms with Gasteiger partial charge in [0, 0.05) is 63.3 Å². The van der Waals surface area contributed by atoms with E-state index in [0.717, 1.165) is 45.2 Å². The number of rotatable bonds is 6. The predicted octanol–water partition coefficient (Wildman–Crippen LogP) is 1.25. The molecule has 1 spiro atoms. The summed E-state index contributed by atoms with van der Waals surface area (Å²) >= 11 is 0. The summed E-state index contributed by atoms with van der Waals surface area (Å²) in [5.41, 5.74) is 0.457. The van der Waals surface area contributed by atoms with E-state index >= 15 is 0 Å². The number of amides is 1. The summed E-state index contributed by atoms with van der Waals surface area (Å²) in [5.74, 6) is 1.07. The van der Waals surface area contributed by atoms with Gasteiger partial charge < -0.3 is 15.1 Å². The second kappa shape index (κ2) is 7.30. The van der Waals surface area contributed by atoms with E-state index < -0.39 is 0 Å². The van der Waals surface area contributed by atoms with Crippen molar-refractivity contribution in [1.82, 2.24) is 20.0 Å². The second-order valence-corrected chi connectivity index (χ2v) is 9.15. The second-order valence-electron chi connectivity index (χ2n) is 9.15. The third kappa shape index (κ3) is 4.30. The van der Waals surface area contributed by atoms with Gasteiger partial charge in [0.25, 0.3) is 0 Å². The lowest BCUT2D eigenvalue weighted by Crippen LogP contribution is -2.68. The van der Waals surface area contributed by atoms with Crippen molar-refractivity contribution in [2.24, 2.45) is 11.3 Å². The van der Waals surface area contributed by atoms with Crippen LogP contribution in [0.5, 0.6) is 0 Å². The summed E-state index contributed by atoms with van der Waals surface area (Å²) in [6, 6.07) is 1.25. The van der Waals surface area contributed by atoms with Crippen LogP contribution in [0.4, 0.5) is 0 Å². The first-order chi connectivity index (χ1) is 11.3. The molecule has 3 aliphatic rings. The van der Waals surface area contributed by atoms with Crippen LogP contribution in [0.2, 0.25) is 0 Å². The van der Waals surface area contributed by atoms with Gasteiger partial charge in [0.15, 0.2) is 0 Å². The van der Waals surface area contributed by atoms with Crippen LogP contribution in [0, 0.1) is 11.3 Å². The minimum atomic E-state index is 0.346. The molecule has 1 amide bonds. The highest BCUT2D eigenvalue weighted by atomic mass is 16.2. The Morgan fingerprint density at radius 2 is 1.62 bits per heavy atom. The molecule has 1 saturated carbocycles. The number of hydrogen-bond acceptors (Lipinski definition) is 4. The Bertz CT molecular complexity index is 429. The maximum absolute atomic E-state index is 12.5. The van der Waals surface area contributed by atoms with Crippen LogP contribution in [0.3, 0.4) is 0 Å². The van der Waals surface area contributed by atoms with Gasteiger partial charge >= 0.3 is 0 Å². The Labute approximate surface area is 147 Å². The molecule has 1 aliphatic carbocycles. The first kappa shape index (κ1) is 18.2. The minimum Gasteiger partial charge on any atom is -0.340 e. The molecule has 0 atom stereocenters. The van der Waals surface area contributed by atoms with Crippen LogP contribution in [0.1, 0.15) is 40.5 Å². The number of carbonyl (C=O) groups is 1. The molecule has 2 aliphatic heterocycles. The fourth-order valence-electron chi connectivity index (χ4n) is 4.71. The molecule has 5 heteroatoms. The zero-order valence-electron chi connectivity index (χ0n) is 16.1. The molecule has 0 aromatic heterocycles. The fourth-order valence-corrected chi connectivity index (χ4v) is 4.71. The zero-order valence-corrected chi connectivity index (χ0v) is 16.1. The Morgan fingerprint density at radius 3 is 2.17 bits per heavy atom. The van der Waals surface area contributed by atoms with E-state index in [1.54, 1.807) is 0 Å². The average Bonchev–Trinajstić information content (AvgIpc) is 2.41. The minimum absolute atomic E-state index is 0.346. The van der Waals surface area contributed by atoms with Gasteiger partial charge in [0.2, 0.25) is 5.91 Å². The summed E-state index contributed by atoms with van der Waals surface area (Å²) in [6.45, 7) is 17.1. The standard InChI is InChI=1S/C19H36N4O/c1-15(2)11-21-5-7-22(8-6-21)12-18(24)23-13-19(14-23)9-17(10-19)20-16(3)4/h15-17,20H,5-14H2,1-4H3. The molecule has 0 aromatic rings. The summed E-state index contributed by atoms with van der Waals surface area (Å²) in [7, 11) is 0. The van der Waals surface area contributed by atoms with Crippen molar-refractivity contribution in [3.8, 4) is 0 Å². The molecule has 3 rings (SSSR count). The molecule has 5 nitrogen and oxygen atoms in total. The number of piperazine rings is 1. The number of nitrogens with zero attached hydrogens (tertiary/aromatic N) is 3. The highest BCUT2D eigenvalue weighted by Crippen LogP contribution is 2.48. The van der Waals surface area contributed by atoms with Gasteiger partial charge in [-0.2, -0.15) is 0 Å². The third-order valence-electron chi connectivity index (χ3n) is 5.78. The lowest BCUT2D eigenvalue weighted by Gasteiger charge is -2.59. The topological polar surface area (TPSA) is 38.8 Å². The Morgan fingerprint density at radius 1 is 1.04 bits per heavy atom. The molecule has 0 unspecified atom stereocenters. The van der Waals surface area contributed by atoms with Gasteiger partial charge in [-0.15, -0.1) is 0 Å². The van der Waals surface area contributed by atoms with Gasteiger partial charge in [0.1, 0.15) is 0 Å². The molecular weight excluding hydrogens is 300 g/mol. The molecule has 0 radical (unpaired) electrons. The van der Waals surface area contributed by atoms with E-state index in [1.807, 2.05) is 0 Å². The smallest absolute Gasteiger partial charge is 0.236 e. The van der Waals surface area contributed by atoms with Crippen molar-refractivity contribution in [3.63, 3.8) is 0 Å². The monoisotopic (exact) mass is 336 g/mol. The van der Waals surface area contributed by atoms with Crippen LogP contribution in [-0.2, 0) is 4.79 Å². The quantitative estimate of drug-likeness (QED) is 0.792. The maximum atomic E-state index is 12.5. The van der Waals surface area contributed by atoms with Crippen LogP contribution in [0.25, 0.3) is 0 Å². The van der Waals surface area contributed by atoms with Crippen molar-refractivity contribution in [1.29, 1.82) is 0 Å².